The SMILES string of the molecule is CC(C)OCc1c(C(=O)N(C)CC2CCCC2O)oc2ccccc12. The van der Waals surface area contributed by atoms with Crippen LogP contribution < -0.4 is 0 Å². The van der Waals surface area contributed by atoms with E-state index in [9.17, 15) is 9.90 Å². The molecular formula is C20H27NO4. The number of amides is 1. The maximum Gasteiger partial charge on any atom is 0.289 e. The van der Waals surface area contributed by atoms with Gasteiger partial charge in [-0.3, -0.25) is 4.79 Å². The second-order valence-corrected chi connectivity index (χ2v) is 7.21. The first-order chi connectivity index (χ1) is 12.0. The van der Waals surface area contributed by atoms with Crippen molar-refractivity contribution in [2.45, 2.75) is 51.9 Å². The van der Waals surface area contributed by atoms with Crippen molar-refractivity contribution in [2.75, 3.05) is 13.6 Å². The quantitative estimate of drug-likeness (QED) is 0.869. The Hall–Kier alpha value is -1.85. The smallest absolute Gasteiger partial charge is 0.289 e. The molecule has 2 unspecified atom stereocenters. The number of furan rings is 1. The number of hydrogen-bond acceptors (Lipinski definition) is 4. The van der Waals surface area contributed by atoms with Gasteiger partial charge in [0.2, 0.25) is 0 Å². The highest BCUT2D eigenvalue weighted by Crippen LogP contribution is 2.30. The molecule has 0 bridgehead atoms. The van der Waals surface area contributed by atoms with Gasteiger partial charge in [-0.1, -0.05) is 24.6 Å². The van der Waals surface area contributed by atoms with Crippen LogP contribution in [0.4, 0.5) is 0 Å². The topological polar surface area (TPSA) is 62.9 Å². The van der Waals surface area contributed by atoms with Gasteiger partial charge < -0.3 is 19.2 Å². The highest BCUT2D eigenvalue weighted by atomic mass is 16.5. The van der Waals surface area contributed by atoms with Crippen LogP contribution in [0.1, 0.15) is 49.2 Å². The van der Waals surface area contributed by atoms with Gasteiger partial charge in [0.15, 0.2) is 5.76 Å². The van der Waals surface area contributed by atoms with Crippen molar-refractivity contribution < 1.29 is 19.1 Å². The average molecular weight is 345 g/mol. The van der Waals surface area contributed by atoms with Crippen molar-refractivity contribution in [3.63, 3.8) is 0 Å². The molecule has 0 aliphatic heterocycles. The summed E-state index contributed by atoms with van der Waals surface area (Å²) in [5.74, 6) is 0.336. The van der Waals surface area contributed by atoms with Gasteiger partial charge in [-0.05, 0) is 32.8 Å². The van der Waals surface area contributed by atoms with Gasteiger partial charge in [0.25, 0.3) is 5.91 Å². The summed E-state index contributed by atoms with van der Waals surface area (Å²) in [6, 6.07) is 7.65. The number of hydrogen-bond donors (Lipinski definition) is 1. The Morgan fingerprint density at radius 2 is 2.12 bits per heavy atom. The van der Waals surface area contributed by atoms with Crippen molar-refractivity contribution in [2.24, 2.45) is 5.92 Å². The molecule has 2 atom stereocenters. The van der Waals surface area contributed by atoms with E-state index in [2.05, 4.69) is 0 Å². The Labute approximate surface area is 148 Å². The minimum Gasteiger partial charge on any atom is -0.451 e. The third-order valence-electron chi connectivity index (χ3n) is 4.93. The molecule has 1 saturated carbocycles. The van der Waals surface area contributed by atoms with Crippen LogP contribution in [0.15, 0.2) is 28.7 Å². The van der Waals surface area contributed by atoms with Gasteiger partial charge in [-0.25, -0.2) is 0 Å². The van der Waals surface area contributed by atoms with Crippen molar-refractivity contribution >= 4 is 16.9 Å². The van der Waals surface area contributed by atoms with Gasteiger partial charge in [-0.15, -0.1) is 0 Å². The summed E-state index contributed by atoms with van der Waals surface area (Å²) in [5.41, 5.74) is 1.50. The molecule has 5 nitrogen and oxygen atoms in total. The number of fused-ring (bicyclic) bond motifs is 1. The molecule has 136 valence electrons. The monoisotopic (exact) mass is 345 g/mol. The van der Waals surface area contributed by atoms with Crippen LogP contribution in [0.25, 0.3) is 11.0 Å². The van der Waals surface area contributed by atoms with Crippen molar-refractivity contribution in [3.8, 4) is 0 Å². The zero-order chi connectivity index (χ0) is 18.0. The van der Waals surface area contributed by atoms with Crippen LogP contribution in [0.5, 0.6) is 0 Å². The Morgan fingerprint density at radius 1 is 1.36 bits per heavy atom. The molecular weight excluding hydrogens is 318 g/mol. The van der Waals surface area contributed by atoms with Crippen LogP contribution in [0.3, 0.4) is 0 Å². The first-order valence-corrected chi connectivity index (χ1v) is 9.03. The predicted octanol–water partition coefficient (Wildman–Crippen LogP) is 3.59. The van der Waals surface area contributed by atoms with E-state index in [0.29, 0.717) is 24.5 Å². The molecule has 0 saturated heterocycles. The Bertz CT molecular complexity index is 736. The fourth-order valence-corrected chi connectivity index (χ4v) is 3.50. The Kier molecular flexibility index (Phi) is 5.45. The molecule has 1 aromatic heterocycles. The number of aliphatic hydroxyl groups is 1. The fraction of sp³-hybridized carbons (Fsp3) is 0.550. The van der Waals surface area contributed by atoms with Gasteiger partial charge in [0.05, 0.1) is 18.8 Å². The number of carbonyl (C=O) groups excluding carboxylic acids is 1. The molecule has 1 amide bonds. The normalized spacial score (nSPS) is 20.5. The molecule has 1 aliphatic rings. The summed E-state index contributed by atoms with van der Waals surface area (Å²) < 4.78 is 11.6. The molecule has 1 aromatic carbocycles. The highest BCUT2D eigenvalue weighted by Gasteiger charge is 2.30. The number of ether oxygens (including phenoxy) is 1. The zero-order valence-corrected chi connectivity index (χ0v) is 15.2. The molecule has 3 rings (SSSR count). The molecule has 25 heavy (non-hydrogen) atoms. The number of nitrogens with zero attached hydrogens (tertiary/aromatic N) is 1. The van der Waals surface area contributed by atoms with E-state index in [-0.39, 0.29) is 24.0 Å². The van der Waals surface area contributed by atoms with E-state index in [4.69, 9.17) is 9.15 Å². The van der Waals surface area contributed by atoms with E-state index in [1.807, 2.05) is 38.1 Å². The summed E-state index contributed by atoms with van der Waals surface area (Å²) >= 11 is 0. The number of benzene rings is 1. The number of rotatable bonds is 6. The largest absolute Gasteiger partial charge is 0.451 e. The van der Waals surface area contributed by atoms with E-state index in [1.54, 1.807) is 11.9 Å². The standard InChI is InChI=1S/C20H27NO4/c1-13(2)24-12-16-15-8-4-5-10-18(15)25-19(16)20(23)21(3)11-14-7-6-9-17(14)22/h4-5,8,10,13-14,17,22H,6-7,9,11-12H2,1-3H3. The molecule has 1 aliphatic carbocycles. The lowest BCUT2D eigenvalue weighted by Crippen LogP contribution is -2.34. The predicted molar refractivity (Wildman–Crippen MR) is 96.4 cm³/mol. The molecule has 1 heterocycles. The van der Waals surface area contributed by atoms with Crippen LogP contribution in [0, 0.1) is 5.92 Å². The first kappa shape index (κ1) is 18.0. The minimum atomic E-state index is -0.310. The molecule has 5 heteroatoms. The molecule has 1 fully saturated rings. The number of para-hydroxylation sites is 1. The van der Waals surface area contributed by atoms with Gasteiger partial charge in [0, 0.05) is 30.5 Å². The lowest BCUT2D eigenvalue weighted by Gasteiger charge is -2.23. The summed E-state index contributed by atoms with van der Waals surface area (Å²) in [6.45, 7) is 4.83. The van der Waals surface area contributed by atoms with Crippen molar-refractivity contribution in [3.05, 3.63) is 35.6 Å². The van der Waals surface area contributed by atoms with Crippen LogP contribution in [-0.4, -0.2) is 41.7 Å². The number of aliphatic hydroxyl groups excluding tert-OH is 1. The highest BCUT2D eigenvalue weighted by molar-refractivity contribution is 5.98. The van der Waals surface area contributed by atoms with E-state index >= 15 is 0 Å². The molecule has 0 radical (unpaired) electrons. The van der Waals surface area contributed by atoms with E-state index < -0.39 is 0 Å². The van der Waals surface area contributed by atoms with Gasteiger partial charge in [-0.2, -0.15) is 0 Å². The lowest BCUT2D eigenvalue weighted by atomic mass is 10.1. The summed E-state index contributed by atoms with van der Waals surface area (Å²) in [5, 5.41) is 10.9. The van der Waals surface area contributed by atoms with E-state index in [0.717, 1.165) is 30.2 Å². The summed E-state index contributed by atoms with van der Waals surface area (Å²) in [7, 11) is 1.77. The number of carbonyl (C=O) groups is 1. The third-order valence-corrected chi connectivity index (χ3v) is 4.93. The summed E-state index contributed by atoms with van der Waals surface area (Å²) in [6.07, 6.45) is 2.57. The Morgan fingerprint density at radius 3 is 2.80 bits per heavy atom. The van der Waals surface area contributed by atoms with Crippen molar-refractivity contribution in [1.29, 1.82) is 0 Å². The van der Waals surface area contributed by atoms with Crippen LogP contribution in [0.2, 0.25) is 0 Å². The van der Waals surface area contributed by atoms with Crippen molar-refractivity contribution in [1.82, 2.24) is 4.90 Å². The second kappa shape index (κ2) is 7.58. The first-order valence-electron chi connectivity index (χ1n) is 9.03. The van der Waals surface area contributed by atoms with Crippen LogP contribution >= 0.6 is 0 Å². The molecule has 0 spiro atoms. The van der Waals surface area contributed by atoms with Crippen LogP contribution in [-0.2, 0) is 11.3 Å². The third kappa shape index (κ3) is 3.88. The summed E-state index contributed by atoms with van der Waals surface area (Å²) in [4.78, 5) is 14.6. The maximum atomic E-state index is 13.0. The van der Waals surface area contributed by atoms with E-state index in [1.165, 1.54) is 0 Å². The Balaban J connectivity index is 1.85. The molecule has 1 N–H and O–H groups in total. The minimum absolute atomic E-state index is 0.0722. The lowest BCUT2D eigenvalue weighted by molar-refractivity contribution is 0.0592. The molecule has 2 aromatic rings. The average Bonchev–Trinajstić information content (AvgIpc) is 3.15. The zero-order valence-electron chi connectivity index (χ0n) is 15.2. The second-order valence-electron chi connectivity index (χ2n) is 7.21. The van der Waals surface area contributed by atoms with Gasteiger partial charge in [0.1, 0.15) is 5.58 Å². The van der Waals surface area contributed by atoms with Gasteiger partial charge >= 0.3 is 0 Å². The fourth-order valence-electron chi connectivity index (χ4n) is 3.50. The maximum absolute atomic E-state index is 13.0.